The van der Waals surface area contributed by atoms with Gasteiger partial charge in [-0.25, -0.2) is 0 Å². The fourth-order valence-corrected chi connectivity index (χ4v) is 4.17. The number of hydrogen-bond acceptors (Lipinski definition) is 11. The van der Waals surface area contributed by atoms with Crippen LogP contribution in [0.3, 0.4) is 0 Å². The third-order valence-electron chi connectivity index (χ3n) is 4.35. The van der Waals surface area contributed by atoms with Crippen molar-refractivity contribution in [3.05, 3.63) is 52.6 Å². The summed E-state index contributed by atoms with van der Waals surface area (Å²) in [5.74, 6) is 0. The average molecular weight is 478 g/mol. The van der Waals surface area contributed by atoms with Gasteiger partial charge >= 0.3 is 0 Å². The summed E-state index contributed by atoms with van der Waals surface area (Å²) >= 11 is 0. The monoisotopic (exact) mass is 478 g/mol. The van der Waals surface area contributed by atoms with Gasteiger partial charge in [0.25, 0.3) is 25.9 Å². The highest BCUT2D eigenvalue weighted by Crippen LogP contribution is 2.47. The number of rotatable bonds is 5. The molecule has 32 heavy (non-hydrogen) atoms. The zero-order chi connectivity index (χ0) is 23.3. The zero-order valence-corrected chi connectivity index (χ0v) is 17.1. The van der Waals surface area contributed by atoms with Gasteiger partial charge in [-0.3, -0.25) is 24.6 Å². The first-order valence-corrected chi connectivity index (χ1v) is 11.3. The molecule has 0 amide bonds. The molecule has 1 heterocycles. The number of nitrogens with one attached hydrogen (secondary N) is 1. The van der Waals surface area contributed by atoms with Crippen molar-refractivity contribution >= 4 is 59.4 Å². The summed E-state index contributed by atoms with van der Waals surface area (Å²) < 4.78 is 66.2. The summed E-state index contributed by atoms with van der Waals surface area (Å²) in [6.45, 7) is 0. The Kier molecular flexibility index (Phi) is 4.93. The molecule has 16 heteroatoms. The minimum Gasteiger partial charge on any atom is -0.282 e. The van der Waals surface area contributed by atoms with E-state index in [0.29, 0.717) is 0 Å². The maximum atomic E-state index is 12.0. The van der Waals surface area contributed by atoms with Crippen molar-refractivity contribution in [2.45, 2.75) is 9.79 Å². The molecule has 0 saturated heterocycles. The molecule has 0 spiro atoms. The first-order chi connectivity index (χ1) is 14.9. The Labute approximate surface area is 178 Å². The molecule has 1 aliphatic rings. The Balaban J connectivity index is 1.97. The number of nitro groups is 1. The Hall–Kier alpha value is -3.86. The number of azo groups is 1. The second-order valence-corrected chi connectivity index (χ2v) is 9.19. The van der Waals surface area contributed by atoms with E-state index in [-0.39, 0.29) is 33.5 Å². The number of nitrogens with zero attached hydrogens (tertiary/aromatic N) is 5. The van der Waals surface area contributed by atoms with Gasteiger partial charge in [0.05, 0.1) is 21.2 Å². The van der Waals surface area contributed by atoms with E-state index in [1.807, 2.05) is 0 Å². The lowest BCUT2D eigenvalue weighted by Crippen LogP contribution is -2.04. The van der Waals surface area contributed by atoms with E-state index >= 15 is 0 Å². The number of anilines is 1. The van der Waals surface area contributed by atoms with E-state index in [4.69, 9.17) is 0 Å². The molecule has 0 radical (unpaired) electrons. The molecule has 1 aliphatic heterocycles. The van der Waals surface area contributed by atoms with Crippen LogP contribution in [0.5, 0.6) is 0 Å². The lowest BCUT2D eigenvalue weighted by Gasteiger charge is -2.16. The molecule has 0 unspecified atom stereocenters. The van der Waals surface area contributed by atoms with Gasteiger partial charge in [0.15, 0.2) is 0 Å². The van der Waals surface area contributed by atoms with E-state index in [0.717, 1.165) is 18.2 Å². The minimum atomic E-state index is -4.89. The van der Waals surface area contributed by atoms with Crippen LogP contribution in [0.25, 0.3) is 10.8 Å². The van der Waals surface area contributed by atoms with Gasteiger partial charge in [-0.15, -0.1) is 10.2 Å². The normalized spacial score (nSPS) is 13.4. The van der Waals surface area contributed by atoms with Crippen LogP contribution in [0.1, 0.15) is 0 Å². The highest BCUT2D eigenvalue weighted by atomic mass is 32.2. The van der Waals surface area contributed by atoms with E-state index < -0.39 is 40.6 Å². The summed E-state index contributed by atoms with van der Waals surface area (Å²) in [5.41, 5.74) is 1.93. The fourth-order valence-electron chi connectivity index (χ4n) is 2.97. The van der Waals surface area contributed by atoms with Gasteiger partial charge in [0, 0.05) is 17.5 Å². The van der Waals surface area contributed by atoms with Crippen LogP contribution < -0.4 is 5.43 Å². The van der Waals surface area contributed by atoms with Crippen molar-refractivity contribution in [1.82, 2.24) is 0 Å². The molecule has 3 aromatic carbocycles. The summed E-state index contributed by atoms with van der Waals surface area (Å²) in [7, 11) is -9.54. The molecule has 164 valence electrons. The Morgan fingerprint density at radius 1 is 0.969 bits per heavy atom. The molecule has 3 aromatic rings. The van der Waals surface area contributed by atoms with Gasteiger partial charge < -0.3 is 0 Å². The number of non-ortho nitro benzene ring substituents is 1. The fraction of sp³-hybridized carbons (Fsp3) is 0. The van der Waals surface area contributed by atoms with Crippen molar-refractivity contribution < 1.29 is 30.9 Å². The first kappa shape index (κ1) is 21.4. The van der Waals surface area contributed by atoms with Crippen LogP contribution >= 0.6 is 0 Å². The van der Waals surface area contributed by atoms with Crippen molar-refractivity contribution in [2.75, 3.05) is 5.43 Å². The second-order valence-electron chi connectivity index (χ2n) is 6.38. The molecule has 3 N–H and O–H groups in total. The van der Waals surface area contributed by atoms with Crippen molar-refractivity contribution in [3.63, 3.8) is 0 Å². The highest BCUT2D eigenvalue weighted by Gasteiger charge is 2.27. The maximum Gasteiger partial charge on any atom is 0.296 e. The smallest absolute Gasteiger partial charge is 0.282 e. The Morgan fingerprint density at radius 3 is 2.25 bits per heavy atom. The van der Waals surface area contributed by atoms with Crippen LogP contribution in [0.15, 0.2) is 72.8 Å². The maximum absolute atomic E-state index is 12.0. The number of benzene rings is 3. The third kappa shape index (κ3) is 3.89. The van der Waals surface area contributed by atoms with Crippen molar-refractivity contribution in [1.29, 1.82) is 0 Å². The quantitative estimate of drug-likeness (QED) is 0.208. The van der Waals surface area contributed by atoms with Gasteiger partial charge in [-0.1, -0.05) is 5.22 Å². The summed E-state index contributed by atoms with van der Waals surface area (Å²) in [5, 5.41) is 26.0. The van der Waals surface area contributed by atoms with E-state index in [1.165, 1.54) is 24.3 Å². The van der Waals surface area contributed by atoms with Gasteiger partial charge in [0.2, 0.25) is 0 Å². The predicted octanol–water partition coefficient (Wildman–Crippen LogP) is 4.08. The molecule has 0 bridgehead atoms. The van der Waals surface area contributed by atoms with Gasteiger partial charge in [-0.05, 0) is 35.7 Å². The largest absolute Gasteiger partial charge is 0.296 e. The van der Waals surface area contributed by atoms with Crippen LogP contribution in [-0.4, -0.2) is 30.9 Å². The zero-order valence-electron chi connectivity index (χ0n) is 15.4. The summed E-state index contributed by atoms with van der Waals surface area (Å²) in [4.78, 5) is 8.85. The van der Waals surface area contributed by atoms with Gasteiger partial charge in [-0.2, -0.15) is 21.9 Å². The number of nitro benzene ring substituents is 1. The van der Waals surface area contributed by atoms with Crippen LogP contribution in [0.2, 0.25) is 0 Å². The molecule has 0 aliphatic carbocycles. The molecule has 0 aromatic heterocycles. The molecular formula is C16H10N6O8S2. The van der Waals surface area contributed by atoms with Crippen molar-refractivity contribution in [3.8, 4) is 0 Å². The summed E-state index contributed by atoms with van der Waals surface area (Å²) in [6.07, 6.45) is 0. The van der Waals surface area contributed by atoms with Crippen LogP contribution in [0.4, 0.5) is 28.4 Å². The molecular weight excluding hydrogens is 468 g/mol. The van der Waals surface area contributed by atoms with Crippen LogP contribution in [0, 0.1) is 10.1 Å². The second kappa shape index (κ2) is 7.38. The molecule has 0 fully saturated rings. The highest BCUT2D eigenvalue weighted by molar-refractivity contribution is 7.86. The Bertz CT molecular complexity index is 1560. The average Bonchev–Trinajstić information content (AvgIpc) is 2.71. The SMILES string of the molecule is O=[N+]([O-])c1ccc(N=Nc2c(S(=O)(=O)O)cc3cc(S(=O)(=O)O)cc4c3c2N=NN4)cc1. The topological polar surface area (TPSA) is 213 Å². The standard InChI is InChI=1S/C16H10N6O8S2/c23-22(24)10-3-1-9(2-4-10)17-19-15-13(32(28,29)30)6-8-5-11(31(25,26)27)7-12-14(8)16(15)20-21-18-12/h1-7H,(H,18,20)(H,25,26,27)(H,28,29,30). The lowest BCUT2D eigenvalue weighted by atomic mass is 10.1. The minimum absolute atomic E-state index is 0.00168. The van der Waals surface area contributed by atoms with E-state index in [2.05, 4.69) is 26.0 Å². The molecule has 0 atom stereocenters. The number of hydrogen-bond donors (Lipinski definition) is 3. The third-order valence-corrected chi connectivity index (χ3v) is 6.04. The molecule has 4 rings (SSSR count). The molecule has 0 saturated carbocycles. The predicted molar refractivity (Wildman–Crippen MR) is 109 cm³/mol. The first-order valence-electron chi connectivity index (χ1n) is 8.38. The van der Waals surface area contributed by atoms with E-state index in [9.17, 15) is 36.1 Å². The summed E-state index contributed by atoms with van der Waals surface area (Å²) in [6, 6.07) is 7.87. The van der Waals surface area contributed by atoms with Crippen molar-refractivity contribution in [2.24, 2.45) is 20.6 Å². The van der Waals surface area contributed by atoms with E-state index in [1.54, 1.807) is 0 Å². The van der Waals surface area contributed by atoms with Crippen LogP contribution in [-0.2, 0) is 20.2 Å². The van der Waals surface area contributed by atoms with Gasteiger partial charge in [0.1, 0.15) is 16.3 Å². The molecule has 14 nitrogen and oxygen atoms in total. The Morgan fingerprint density at radius 2 is 1.66 bits per heavy atom. The lowest BCUT2D eigenvalue weighted by molar-refractivity contribution is -0.384.